The fourth-order valence-electron chi connectivity index (χ4n) is 4.64. The van der Waals surface area contributed by atoms with E-state index in [0.29, 0.717) is 6.54 Å². The minimum absolute atomic E-state index is 0.0101. The molecule has 8 nitrogen and oxygen atoms in total. The first-order chi connectivity index (χ1) is 16.4. The van der Waals surface area contributed by atoms with Crippen molar-refractivity contribution in [2.45, 2.75) is 18.3 Å². The molecule has 0 saturated carbocycles. The summed E-state index contributed by atoms with van der Waals surface area (Å²) in [7, 11) is 1.45. The Morgan fingerprint density at radius 1 is 1.00 bits per heavy atom. The Kier molecular flexibility index (Phi) is 6.74. The highest BCUT2D eigenvalue weighted by atomic mass is 19.1. The van der Waals surface area contributed by atoms with Crippen LogP contribution in [-0.2, 0) is 29.3 Å². The molecule has 0 radical (unpaired) electrons. The van der Waals surface area contributed by atoms with Gasteiger partial charge in [0.2, 0.25) is 23.6 Å². The van der Waals surface area contributed by atoms with Crippen LogP contribution >= 0.6 is 0 Å². The van der Waals surface area contributed by atoms with E-state index in [-0.39, 0.29) is 44.1 Å². The van der Waals surface area contributed by atoms with E-state index in [1.165, 1.54) is 30.2 Å². The van der Waals surface area contributed by atoms with Crippen LogP contribution in [0.5, 0.6) is 0 Å². The van der Waals surface area contributed by atoms with Crippen molar-refractivity contribution in [1.82, 2.24) is 9.80 Å². The van der Waals surface area contributed by atoms with E-state index in [1.54, 1.807) is 11.0 Å². The fraction of sp³-hybridized carbons (Fsp3) is 0.360. The third-order valence-electron chi connectivity index (χ3n) is 6.41. The Balaban J connectivity index is 1.58. The number of hydrogen-bond donors (Lipinski definition) is 0. The number of para-hydroxylation sites is 1. The van der Waals surface area contributed by atoms with E-state index in [1.807, 2.05) is 30.3 Å². The summed E-state index contributed by atoms with van der Waals surface area (Å²) < 4.78 is 19.9. The number of anilines is 1. The number of rotatable bonds is 7. The second kappa shape index (κ2) is 9.72. The zero-order valence-electron chi connectivity index (χ0n) is 18.9. The molecule has 2 aromatic rings. The van der Waals surface area contributed by atoms with Gasteiger partial charge in [-0.25, -0.2) is 4.39 Å². The van der Waals surface area contributed by atoms with Crippen LogP contribution in [0.15, 0.2) is 54.6 Å². The summed E-state index contributed by atoms with van der Waals surface area (Å²) in [6, 6.07) is 14.9. The molecule has 2 saturated heterocycles. The average Bonchev–Trinajstić information content (AvgIpc) is 3.07. The number of halogens is 1. The summed E-state index contributed by atoms with van der Waals surface area (Å²) in [4.78, 5) is 56.3. The van der Waals surface area contributed by atoms with Gasteiger partial charge in [-0.2, -0.15) is 0 Å². The van der Waals surface area contributed by atoms with Crippen LogP contribution in [0.2, 0.25) is 0 Å². The molecule has 178 valence electrons. The Hall–Kier alpha value is -3.59. The van der Waals surface area contributed by atoms with Gasteiger partial charge in [0.15, 0.2) is 0 Å². The molecule has 0 aromatic heterocycles. The molecule has 4 amide bonds. The van der Waals surface area contributed by atoms with Gasteiger partial charge in [0.05, 0.1) is 18.6 Å². The minimum atomic E-state index is -1.66. The lowest BCUT2D eigenvalue weighted by Gasteiger charge is -2.36. The smallest absolute Gasteiger partial charge is 0.246 e. The Morgan fingerprint density at radius 3 is 2.38 bits per heavy atom. The number of methoxy groups -OCH3 is 1. The molecule has 34 heavy (non-hydrogen) atoms. The molecule has 4 rings (SSSR count). The summed E-state index contributed by atoms with van der Waals surface area (Å²) in [6.45, 7) is 0.564. The molecule has 0 N–H and O–H groups in total. The molecule has 2 fully saturated rings. The molecule has 1 atom stereocenters. The van der Waals surface area contributed by atoms with E-state index in [4.69, 9.17) is 4.74 Å². The third-order valence-corrected chi connectivity index (χ3v) is 6.41. The first-order valence-corrected chi connectivity index (χ1v) is 11.1. The summed E-state index contributed by atoms with van der Waals surface area (Å²) >= 11 is 0. The van der Waals surface area contributed by atoms with Gasteiger partial charge < -0.3 is 14.5 Å². The van der Waals surface area contributed by atoms with Crippen molar-refractivity contribution < 1.29 is 28.3 Å². The van der Waals surface area contributed by atoms with Crippen LogP contribution in [0.4, 0.5) is 10.1 Å². The van der Waals surface area contributed by atoms with Crippen LogP contribution < -0.4 is 4.90 Å². The van der Waals surface area contributed by atoms with Crippen molar-refractivity contribution in [3.63, 3.8) is 0 Å². The molecular weight excluding hydrogens is 441 g/mol. The second-order valence-electron chi connectivity index (χ2n) is 8.46. The van der Waals surface area contributed by atoms with E-state index in [2.05, 4.69) is 0 Å². The van der Waals surface area contributed by atoms with E-state index >= 15 is 0 Å². The van der Waals surface area contributed by atoms with Crippen LogP contribution in [0.25, 0.3) is 0 Å². The first kappa shape index (κ1) is 23.6. The molecule has 0 bridgehead atoms. The molecule has 2 aliphatic rings. The maximum Gasteiger partial charge on any atom is 0.246 e. The highest BCUT2D eigenvalue weighted by molar-refractivity contribution is 6.11. The topological polar surface area (TPSA) is 87.2 Å². The number of piperazine rings is 1. The number of carbonyl (C=O) groups excluding carboxylic acids is 4. The quantitative estimate of drug-likeness (QED) is 0.579. The van der Waals surface area contributed by atoms with Crippen LogP contribution in [0.3, 0.4) is 0 Å². The second-order valence-corrected chi connectivity index (χ2v) is 8.46. The van der Waals surface area contributed by atoms with Crippen molar-refractivity contribution in [3.8, 4) is 0 Å². The van der Waals surface area contributed by atoms with Gasteiger partial charge in [-0.3, -0.25) is 24.1 Å². The SMILES string of the molecule is COCCN1C(=O)C[C@@](CC(=O)N2CCN(c3ccccc3)C(=O)C2)(c2ccccc2F)C1=O. The lowest BCUT2D eigenvalue weighted by Crippen LogP contribution is -2.54. The monoisotopic (exact) mass is 467 g/mol. The van der Waals surface area contributed by atoms with Gasteiger partial charge >= 0.3 is 0 Å². The van der Waals surface area contributed by atoms with Crippen LogP contribution in [0, 0.1) is 5.82 Å². The van der Waals surface area contributed by atoms with E-state index < -0.39 is 35.4 Å². The normalized spacial score (nSPS) is 20.9. The summed E-state index contributed by atoms with van der Waals surface area (Å²) in [6.07, 6.45) is -0.721. The van der Waals surface area contributed by atoms with Gasteiger partial charge in [-0.05, 0) is 18.2 Å². The highest BCUT2D eigenvalue weighted by Gasteiger charge is 2.55. The number of hydrogen-bond acceptors (Lipinski definition) is 5. The van der Waals surface area contributed by atoms with Gasteiger partial charge in [0.1, 0.15) is 12.4 Å². The lowest BCUT2D eigenvalue weighted by molar-refractivity contribution is -0.144. The predicted octanol–water partition coefficient (Wildman–Crippen LogP) is 1.73. The molecule has 2 aliphatic heterocycles. The molecule has 2 heterocycles. The number of likely N-dealkylation sites (tertiary alicyclic amines) is 1. The highest BCUT2D eigenvalue weighted by Crippen LogP contribution is 2.41. The molecular formula is C25H26FN3O5. The zero-order valence-corrected chi connectivity index (χ0v) is 18.9. The fourth-order valence-corrected chi connectivity index (χ4v) is 4.64. The molecule has 9 heteroatoms. The summed E-state index contributed by atoms with van der Waals surface area (Å²) in [5.41, 5.74) is -0.906. The summed E-state index contributed by atoms with van der Waals surface area (Å²) in [5, 5.41) is 0. The Bertz CT molecular complexity index is 1110. The third kappa shape index (κ3) is 4.31. The number of nitrogens with zero attached hydrogens (tertiary/aromatic N) is 3. The van der Waals surface area contributed by atoms with Crippen LogP contribution in [0.1, 0.15) is 18.4 Å². The van der Waals surface area contributed by atoms with Gasteiger partial charge in [-0.1, -0.05) is 36.4 Å². The number of carbonyl (C=O) groups is 4. The zero-order chi connectivity index (χ0) is 24.3. The predicted molar refractivity (Wildman–Crippen MR) is 121 cm³/mol. The van der Waals surface area contributed by atoms with Gasteiger partial charge in [0.25, 0.3) is 0 Å². The number of ether oxygens (including phenoxy) is 1. The maximum atomic E-state index is 14.9. The summed E-state index contributed by atoms with van der Waals surface area (Å²) in [5.74, 6) is -2.49. The first-order valence-electron chi connectivity index (χ1n) is 11.1. The number of imide groups is 1. The number of amides is 4. The maximum absolute atomic E-state index is 14.9. The van der Waals surface area contributed by atoms with Crippen molar-refractivity contribution in [2.24, 2.45) is 0 Å². The molecule has 0 unspecified atom stereocenters. The van der Waals surface area contributed by atoms with Gasteiger partial charge in [0, 0.05) is 44.3 Å². The van der Waals surface area contributed by atoms with Crippen molar-refractivity contribution in [2.75, 3.05) is 44.8 Å². The Morgan fingerprint density at radius 2 is 1.71 bits per heavy atom. The molecule has 0 aliphatic carbocycles. The van der Waals surface area contributed by atoms with Crippen molar-refractivity contribution in [1.29, 1.82) is 0 Å². The Labute approximate surface area is 196 Å². The largest absolute Gasteiger partial charge is 0.383 e. The van der Waals surface area contributed by atoms with E-state index in [0.717, 1.165) is 10.6 Å². The van der Waals surface area contributed by atoms with Gasteiger partial charge in [-0.15, -0.1) is 0 Å². The minimum Gasteiger partial charge on any atom is -0.383 e. The van der Waals surface area contributed by atoms with Crippen molar-refractivity contribution in [3.05, 3.63) is 66.0 Å². The lowest BCUT2D eigenvalue weighted by atomic mass is 9.75. The standard InChI is InChI=1S/C25H26FN3O5/c1-34-14-13-29-22(31)16-25(24(29)33,19-9-5-6-10-20(19)26)15-21(30)27-11-12-28(23(32)17-27)18-7-3-2-4-8-18/h2-10H,11-17H2,1H3/t25-/m0/s1. The molecule has 2 aromatic carbocycles. The van der Waals surface area contributed by atoms with E-state index in [9.17, 15) is 23.6 Å². The molecule has 0 spiro atoms. The average molecular weight is 467 g/mol. The van der Waals surface area contributed by atoms with Crippen LogP contribution in [-0.4, -0.2) is 73.3 Å². The van der Waals surface area contributed by atoms with Crippen molar-refractivity contribution >= 4 is 29.3 Å². The number of benzene rings is 2.